The maximum absolute atomic E-state index is 5.04. The van der Waals surface area contributed by atoms with Gasteiger partial charge in [-0.1, -0.05) is 35.5 Å². The molecule has 0 aliphatic carbocycles. The Hall–Kier alpha value is -1.64. The van der Waals surface area contributed by atoms with Crippen molar-refractivity contribution >= 4 is 29.9 Å². The van der Waals surface area contributed by atoms with Crippen LogP contribution in [-0.2, 0) is 13.0 Å². The molecule has 0 amide bonds. The van der Waals surface area contributed by atoms with Crippen LogP contribution in [0, 0.1) is 6.92 Å². The van der Waals surface area contributed by atoms with E-state index < -0.39 is 0 Å². The number of nitrogens with zero attached hydrogens (tertiary/aromatic N) is 3. The largest absolute Gasteiger partial charge is 0.357 e. The fourth-order valence-electron chi connectivity index (χ4n) is 1.86. The van der Waals surface area contributed by atoms with Gasteiger partial charge in [-0.3, -0.25) is 0 Å². The first-order valence-corrected chi connectivity index (χ1v) is 7.13. The van der Waals surface area contributed by atoms with Gasteiger partial charge in [-0.25, -0.2) is 4.99 Å². The second kappa shape index (κ2) is 10.1. The number of hydrogen-bond acceptors (Lipinski definition) is 4. The summed E-state index contributed by atoms with van der Waals surface area (Å²) < 4.78 is 5.04. The van der Waals surface area contributed by atoms with Crippen molar-refractivity contribution in [3.63, 3.8) is 0 Å². The summed E-state index contributed by atoms with van der Waals surface area (Å²) in [5.41, 5.74) is 1.30. The van der Waals surface area contributed by atoms with E-state index >= 15 is 0 Å². The molecule has 120 valence electrons. The fourth-order valence-corrected chi connectivity index (χ4v) is 1.86. The molecule has 0 saturated heterocycles. The summed E-state index contributed by atoms with van der Waals surface area (Å²) in [5, 5.41) is 10.2. The van der Waals surface area contributed by atoms with Crippen molar-refractivity contribution in [3.8, 4) is 0 Å². The lowest BCUT2D eigenvalue weighted by Crippen LogP contribution is -2.38. The molecule has 6 nitrogen and oxygen atoms in total. The third kappa shape index (κ3) is 6.42. The van der Waals surface area contributed by atoms with Gasteiger partial charge in [0, 0.05) is 13.1 Å². The minimum absolute atomic E-state index is 0. The van der Waals surface area contributed by atoms with Crippen LogP contribution in [0.15, 0.2) is 39.8 Å². The van der Waals surface area contributed by atoms with Gasteiger partial charge < -0.3 is 15.2 Å². The van der Waals surface area contributed by atoms with Crippen LogP contribution < -0.4 is 10.6 Å². The van der Waals surface area contributed by atoms with E-state index in [1.165, 1.54) is 5.56 Å². The van der Waals surface area contributed by atoms with Crippen LogP contribution in [0.5, 0.6) is 0 Å². The summed E-state index contributed by atoms with van der Waals surface area (Å²) in [7, 11) is 0. The molecule has 0 radical (unpaired) electrons. The highest BCUT2D eigenvalue weighted by atomic mass is 127. The number of aliphatic imine (C=N–C) groups is 1. The zero-order valence-corrected chi connectivity index (χ0v) is 15.2. The molecule has 0 fully saturated rings. The quantitative estimate of drug-likeness (QED) is 0.430. The number of benzene rings is 1. The van der Waals surface area contributed by atoms with Crippen LogP contribution in [0.3, 0.4) is 0 Å². The molecule has 1 heterocycles. The number of aryl methyl sites for hydroxylation is 1. The lowest BCUT2D eigenvalue weighted by atomic mass is 10.1. The van der Waals surface area contributed by atoms with Crippen LogP contribution in [0.4, 0.5) is 0 Å². The number of guanidine groups is 1. The Labute approximate surface area is 147 Å². The molecule has 1 aromatic carbocycles. The molecule has 2 N–H and O–H groups in total. The molecule has 22 heavy (non-hydrogen) atoms. The van der Waals surface area contributed by atoms with Gasteiger partial charge in [0.1, 0.15) is 6.54 Å². The molecule has 2 rings (SSSR count). The van der Waals surface area contributed by atoms with Crippen LogP contribution >= 0.6 is 24.0 Å². The van der Waals surface area contributed by atoms with E-state index in [9.17, 15) is 0 Å². The summed E-state index contributed by atoms with van der Waals surface area (Å²) >= 11 is 0. The number of rotatable bonds is 6. The molecule has 0 bridgehead atoms. The SMILES string of the molecule is CCNC(=NCc1nc(C)no1)NCCc1ccccc1.I. The maximum atomic E-state index is 5.04. The normalized spacial score (nSPS) is 10.9. The average Bonchev–Trinajstić information content (AvgIpc) is 2.91. The van der Waals surface area contributed by atoms with E-state index in [2.05, 4.69) is 37.9 Å². The van der Waals surface area contributed by atoms with Gasteiger partial charge in [-0.05, 0) is 25.8 Å². The summed E-state index contributed by atoms with van der Waals surface area (Å²) in [4.78, 5) is 8.56. The zero-order valence-electron chi connectivity index (χ0n) is 12.9. The highest BCUT2D eigenvalue weighted by Gasteiger charge is 2.02. The minimum atomic E-state index is 0. The number of nitrogens with one attached hydrogen (secondary N) is 2. The number of halogens is 1. The first-order chi connectivity index (χ1) is 10.3. The second-order valence-corrected chi connectivity index (χ2v) is 4.59. The molecule has 0 aliphatic rings. The van der Waals surface area contributed by atoms with E-state index in [1.807, 2.05) is 25.1 Å². The molecule has 0 spiro atoms. The van der Waals surface area contributed by atoms with E-state index in [0.29, 0.717) is 18.3 Å². The van der Waals surface area contributed by atoms with Crippen LogP contribution in [0.2, 0.25) is 0 Å². The lowest BCUT2D eigenvalue weighted by molar-refractivity contribution is 0.376. The van der Waals surface area contributed by atoms with Crippen molar-refractivity contribution in [1.82, 2.24) is 20.8 Å². The Morgan fingerprint density at radius 1 is 1.23 bits per heavy atom. The minimum Gasteiger partial charge on any atom is -0.357 e. The average molecular weight is 415 g/mol. The molecule has 0 saturated carbocycles. The third-order valence-electron chi connectivity index (χ3n) is 2.84. The monoisotopic (exact) mass is 415 g/mol. The van der Waals surface area contributed by atoms with Gasteiger partial charge in [-0.15, -0.1) is 24.0 Å². The van der Waals surface area contributed by atoms with Crippen LogP contribution in [0.25, 0.3) is 0 Å². The molecular formula is C15H22IN5O. The van der Waals surface area contributed by atoms with Crippen molar-refractivity contribution in [1.29, 1.82) is 0 Å². The molecule has 0 atom stereocenters. The van der Waals surface area contributed by atoms with Gasteiger partial charge in [-0.2, -0.15) is 4.98 Å². The van der Waals surface area contributed by atoms with Gasteiger partial charge >= 0.3 is 0 Å². The lowest BCUT2D eigenvalue weighted by Gasteiger charge is -2.10. The van der Waals surface area contributed by atoms with Crippen LogP contribution in [-0.4, -0.2) is 29.2 Å². The van der Waals surface area contributed by atoms with E-state index in [4.69, 9.17) is 4.52 Å². The highest BCUT2D eigenvalue weighted by Crippen LogP contribution is 1.99. The molecule has 0 unspecified atom stereocenters. The summed E-state index contributed by atoms with van der Waals surface area (Å²) in [6.45, 7) is 5.82. The summed E-state index contributed by atoms with van der Waals surface area (Å²) in [5.74, 6) is 1.90. The first kappa shape index (κ1) is 18.4. The topological polar surface area (TPSA) is 75.3 Å². The van der Waals surface area contributed by atoms with Gasteiger partial charge in [0.2, 0.25) is 5.89 Å². The first-order valence-electron chi connectivity index (χ1n) is 7.13. The molecular weight excluding hydrogens is 393 g/mol. The predicted molar refractivity (Wildman–Crippen MR) is 97.4 cm³/mol. The van der Waals surface area contributed by atoms with Crippen molar-refractivity contribution < 1.29 is 4.52 Å². The van der Waals surface area contributed by atoms with Crippen LogP contribution in [0.1, 0.15) is 24.2 Å². The highest BCUT2D eigenvalue weighted by molar-refractivity contribution is 14.0. The van der Waals surface area contributed by atoms with Gasteiger partial charge in [0.25, 0.3) is 0 Å². The standard InChI is InChI=1S/C15H21N5O.HI/c1-3-16-15(18-11-14-19-12(2)20-21-14)17-10-9-13-7-5-4-6-8-13;/h4-8H,3,9-11H2,1-2H3,(H2,16,17,18);1H. The summed E-state index contributed by atoms with van der Waals surface area (Å²) in [6, 6.07) is 10.4. The third-order valence-corrected chi connectivity index (χ3v) is 2.84. The Morgan fingerprint density at radius 3 is 2.64 bits per heavy atom. The Balaban J connectivity index is 0.00000242. The molecule has 0 aliphatic heterocycles. The molecule has 2 aromatic rings. The van der Waals surface area contributed by atoms with Crippen molar-refractivity contribution in [2.75, 3.05) is 13.1 Å². The number of aromatic nitrogens is 2. The van der Waals surface area contributed by atoms with Crippen molar-refractivity contribution in [2.24, 2.45) is 4.99 Å². The fraction of sp³-hybridized carbons (Fsp3) is 0.400. The molecule has 1 aromatic heterocycles. The summed E-state index contributed by atoms with van der Waals surface area (Å²) in [6.07, 6.45) is 0.949. The van der Waals surface area contributed by atoms with Gasteiger partial charge in [0.05, 0.1) is 0 Å². The van der Waals surface area contributed by atoms with Gasteiger partial charge in [0.15, 0.2) is 11.8 Å². The molecule has 7 heteroatoms. The Kier molecular flexibility index (Phi) is 8.49. The Bertz CT molecular complexity index is 570. The van der Waals surface area contributed by atoms with Crippen molar-refractivity contribution in [2.45, 2.75) is 26.8 Å². The maximum Gasteiger partial charge on any atom is 0.248 e. The predicted octanol–water partition coefficient (Wildman–Crippen LogP) is 2.29. The smallest absolute Gasteiger partial charge is 0.248 e. The second-order valence-electron chi connectivity index (χ2n) is 4.59. The zero-order chi connectivity index (χ0) is 14.9. The Morgan fingerprint density at radius 2 is 2.00 bits per heavy atom. The van der Waals surface area contributed by atoms with Crippen molar-refractivity contribution in [3.05, 3.63) is 47.6 Å². The van der Waals surface area contributed by atoms with E-state index in [1.54, 1.807) is 6.92 Å². The van der Waals surface area contributed by atoms with E-state index in [-0.39, 0.29) is 24.0 Å². The number of hydrogen-bond donors (Lipinski definition) is 2. The van der Waals surface area contributed by atoms with E-state index in [0.717, 1.165) is 25.5 Å².